The Morgan fingerprint density at radius 3 is 1.38 bits per heavy atom. The predicted molar refractivity (Wildman–Crippen MR) is 142 cm³/mol. The fraction of sp³-hybridized carbons (Fsp3) is 0.963. The molecule has 34 heavy (non-hydrogen) atoms. The molecule has 0 N–H and O–H groups in total. The summed E-state index contributed by atoms with van der Waals surface area (Å²) >= 11 is 0. The van der Waals surface area contributed by atoms with E-state index in [9.17, 15) is 4.79 Å². The van der Waals surface area contributed by atoms with Crippen molar-refractivity contribution in [2.75, 3.05) is 19.8 Å². The van der Waals surface area contributed by atoms with Crippen LogP contribution in [0.5, 0.6) is 0 Å². The van der Waals surface area contributed by atoms with Crippen LogP contribution in [-0.4, -0.2) is 42.9 Å². The van der Waals surface area contributed by atoms with E-state index in [4.69, 9.17) is 17.7 Å². The standard InChI is InChI=1S/C27H52O5Si2/c1-5-29-33(30-6-2,31-7-3)22-23(4)27(28)32-34(26-20-14-15-21-26,24-16-10-8-11-17-24)25-18-12-9-13-19-25/h23-26H,5-22H2,1-4H3. The van der Waals surface area contributed by atoms with Crippen molar-refractivity contribution < 1.29 is 22.5 Å². The minimum absolute atomic E-state index is 0.0192. The minimum Gasteiger partial charge on any atom is -0.518 e. The van der Waals surface area contributed by atoms with Crippen LogP contribution in [0.2, 0.25) is 22.7 Å². The molecule has 0 aromatic carbocycles. The monoisotopic (exact) mass is 512 g/mol. The maximum Gasteiger partial charge on any atom is 0.501 e. The van der Waals surface area contributed by atoms with Crippen LogP contribution < -0.4 is 0 Å². The van der Waals surface area contributed by atoms with Crippen LogP contribution in [0, 0.1) is 5.92 Å². The third kappa shape index (κ3) is 6.75. The molecule has 0 bridgehead atoms. The number of rotatable bonds is 13. The first-order chi connectivity index (χ1) is 16.5. The molecule has 0 aromatic rings. The van der Waals surface area contributed by atoms with E-state index in [1.807, 2.05) is 27.7 Å². The first-order valence-electron chi connectivity index (χ1n) is 14.7. The molecule has 3 saturated carbocycles. The maximum atomic E-state index is 14.0. The predicted octanol–water partition coefficient (Wildman–Crippen LogP) is 7.77. The van der Waals surface area contributed by atoms with Gasteiger partial charge in [0.25, 0.3) is 14.3 Å². The zero-order valence-electron chi connectivity index (χ0n) is 22.6. The van der Waals surface area contributed by atoms with Crippen molar-refractivity contribution >= 4 is 23.1 Å². The molecule has 0 spiro atoms. The second-order valence-corrected chi connectivity index (χ2v) is 18.0. The molecule has 0 amide bonds. The summed E-state index contributed by atoms with van der Waals surface area (Å²) in [6.45, 7) is 9.58. The molecular formula is C27H52O5Si2. The molecule has 0 saturated heterocycles. The third-order valence-electron chi connectivity index (χ3n) is 8.81. The highest BCUT2D eigenvalue weighted by atomic mass is 28.4. The molecule has 3 aliphatic carbocycles. The largest absolute Gasteiger partial charge is 0.518 e. The summed E-state index contributed by atoms with van der Waals surface area (Å²) in [6.07, 6.45) is 18.4. The molecule has 0 aromatic heterocycles. The topological polar surface area (TPSA) is 54.0 Å². The van der Waals surface area contributed by atoms with Crippen LogP contribution in [0.15, 0.2) is 0 Å². The molecule has 1 unspecified atom stereocenters. The number of hydrogen-bond donors (Lipinski definition) is 0. The van der Waals surface area contributed by atoms with Gasteiger partial charge in [0, 0.05) is 25.9 Å². The third-order valence-corrected chi connectivity index (χ3v) is 18.2. The Bertz CT molecular complexity index is 563. The van der Waals surface area contributed by atoms with Gasteiger partial charge in [-0.05, 0) is 75.9 Å². The lowest BCUT2D eigenvalue weighted by Gasteiger charge is -2.50. The van der Waals surface area contributed by atoms with E-state index in [0.717, 1.165) is 0 Å². The summed E-state index contributed by atoms with van der Waals surface area (Å²) in [5.74, 6) is -0.234. The molecular weight excluding hydrogens is 460 g/mol. The Balaban J connectivity index is 1.87. The zero-order chi connectivity index (χ0) is 24.4. The smallest absolute Gasteiger partial charge is 0.501 e. The SMILES string of the molecule is CCO[Si](CC(C)C(=O)O[Si](C1CCCCC1)(C1CCCCC1)C1CCCC1)(OCC)OCC. The second-order valence-electron chi connectivity index (χ2n) is 11.0. The van der Waals surface area contributed by atoms with Gasteiger partial charge < -0.3 is 17.7 Å². The number of carbonyl (C=O) groups is 1. The second kappa shape index (κ2) is 13.9. The summed E-state index contributed by atoms with van der Waals surface area (Å²) in [4.78, 5) is 14.0. The van der Waals surface area contributed by atoms with Crippen LogP contribution in [0.25, 0.3) is 0 Å². The molecule has 0 aliphatic heterocycles. The average Bonchev–Trinajstić information content (AvgIpc) is 3.39. The molecule has 7 heteroatoms. The van der Waals surface area contributed by atoms with Crippen molar-refractivity contribution in [3.8, 4) is 0 Å². The van der Waals surface area contributed by atoms with Gasteiger partial charge in [0.2, 0.25) is 0 Å². The van der Waals surface area contributed by atoms with E-state index in [-0.39, 0.29) is 11.9 Å². The van der Waals surface area contributed by atoms with Crippen LogP contribution in [-0.2, 0) is 22.5 Å². The van der Waals surface area contributed by atoms with Crippen molar-refractivity contribution in [1.29, 1.82) is 0 Å². The summed E-state index contributed by atoms with van der Waals surface area (Å²) in [6, 6.07) is 0.520. The molecule has 3 aliphatic rings. The van der Waals surface area contributed by atoms with Gasteiger partial charge in [-0.3, -0.25) is 4.79 Å². The van der Waals surface area contributed by atoms with Crippen LogP contribution in [0.1, 0.15) is 118 Å². The Hall–Kier alpha value is -0.216. The lowest BCUT2D eigenvalue weighted by Crippen LogP contribution is -2.55. The average molecular weight is 513 g/mol. The molecule has 5 nitrogen and oxygen atoms in total. The number of carbonyl (C=O) groups excluding carboxylic acids is 1. The fourth-order valence-corrected chi connectivity index (χ4v) is 17.3. The summed E-state index contributed by atoms with van der Waals surface area (Å²) in [7, 11) is -5.17. The summed E-state index contributed by atoms with van der Waals surface area (Å²) in [5, 5.41) is 0. The lowest BCUT2D eigenvalue weighted by atomic mass is 9.99. The maximum absolute atomic E-state index is 14.0. The first kappa shape index (κ1) is 28.4. The van der Waals surface area contributed by atoms with Gasteiger partial charge in [-0.15, -0.1) is 0 Å². The van der Waals surface area contributed by atoms with E-state index in [1.165, 1.54) is 89.9 Å². The minimum atomic E-state index is -2.89. The zero-order valence-corrected chi connectivity index (χ0v) is 24.6. The normalized spacial score (nSPS) is 22.7. The molecule has 198 valence electrons. The van der Waals surface area contributed by atoms with Gasteiger partial charge in [0.1, 0.15) is 0 Å². The van der Waals surface area contributed by atoms with Crippen LogP contribution >= 0.6 is 0 Å². The van der Waals surface area contributed by atoms with Gasteiger partial charge in [-0.2, -0.15) is 0 Å². The Morgan fingerprint density at radius 1 is 0.676 bits per heavy atom. The van der Waals surface area contributed by atoms with Crippen LogP contribution in [0.4, 0.5) is 0 Å². The van der Waals surface area contributed by atoms with Crippen molar-refractivity contribution in [1.82, 2.24) is 0 Å². The Morgan fingerprint density at radius 2 is 1.03 bits per heavy atom. The van der Waals surface area contributed by atoms with Crippen molar-refractivity contribution in [2.24, 2.45) is 5.92 Å². The molecule has 3 rings (SSSR count). The van der Waals surface area contributed by atoms with Crippen molar-refractivity contribution in [3.63, 3.8) is 0 Å². The number of hydrogen-bond acceptors (Lipinski definition) is 5. The van der Waals surface area contributed by atoms with E-state index < -0.39 is 17.1 Å². The molecule has 1 atom stereocenters. The van der Waals surface area contributed by atoms with Gasteiger partial charge in [0.05, 0.1) is 5.92 Å². The van der Waals surface area contributed by atoms with E-state index in [1.54, 1.807) is 0 Å². The fourth-order valence-electron chi connectivity index (χ4n) is 7.43. The van der Waals surface area contributed by atoms with Gasteiger partial charge in [-0.1, -0.05) is 58.3 Å². The van der Waals surface area contributed by atoms with Crippen molar-refractivity contribution in [2.45, 2.75) is 140 Å². The highest BCUT2D eigenvalue weighted by molar-refractivity contribution is 6.79. The van der Waals surface area contributed by atoms with Gasteiger partial charge in [-0.25, -0.2) is 0 Å². The summed E-state index contributed by atoms with van der Waals surface area (Å²) in [5.41, 5.74) is 2.00. The highest BCUT2D eigenvalue weighted by Gasteiger charge is 2.58. The summed E-state index contributed by atoms with van der Waals surface area (Å²) < 4.78 is 25.4. The van der Waals surface area contributed by atoms with E-state index in [2.05, 4.69) is 0 Å². The van der Waals surface area contributed by atoms with Crippen LogP contribution in [0.3, 0.4) is 0 Å². The highest BCUT2D eigenvalue weighted by Crippen LogP contribution is 2.58. The van der Waals surface area contributed by atoms with E-state index >= 15 is 0 Å². The lowest BCUT2D eigenvalue weighted by molar-refractivity contribution is -0.139. The Labute approximate surface area is 211 Å². The van der Waals surface area contributed by atoms with Gasteiger partial charge in [0.15, 0.2) is 0 Å². The molecule has 3 fully saturated rings. The molecule has 0 radical (unpaired) electrons. The first-order valence-corrected chi connectivity index (χ1v) is 18.7. The van der Waals surface area contributed by atoms with Crippen molar-refractivity contribution in [3.05, 3.63) is 0 Å². The quantitative estimate of drug-likeness (QED) is 0.236. The molecule has 0 heterocycles. The Kier molecular flexibility index (Phi) is 11.6. The van der Waals surface area contributed by atoms with Gasteiger partial charge >= 0.3 is 8.80 Å². The van der Waals surface area contributed by atoms with E-state index in [0.29, 0.717) is 42.5 Å².